The van der Waals surface area contributed by atoms with E-state index in [-0.39, 0.29) is 12.1 Å². The molecule has 1 atom stereocenters. The summed E-state index contributed by atoms with van der Waals surface area (Å²) in [6, 6.07) is 8.41. The third-order valence-electron chi connectivity index (χ3n) is 10.6. The summed E-state index contributed by atoms with van der Waals surface area (Å²) >= 11 is 0. The maximum absolute atomic E-state index is 9.74. The number of tetrazole rings is 1. The standard InChI is InChI=1S/C43H63N11O10/c1-34(31-53-33-47-50-51-53)64-41-27-35(3-4-36(41)28-44)37-29-45-43(46-30-37)48-40-32-54(39-7-5-38(6-8-39)52-9-11-56-12-10-52)49-42(40)63-26-25-62-24-23-61-22-21-60-20-19-59-18-17-58-16-15-57-14-13-55-2/h3-4,27,29-30,32-34,38-39H,5-26,31H2,1-2H3,(H,45,46,48)/t34-,38-,39-/m0/s1. The van der Waals surface area contributed by atoms with Crippen LogP contribution in [0.15, 0.2) is 43.1 Å². The van der Waals surface area contributed by atoms with Gasteiger partial charge in [-0.05, 0) is 60.7 Å². The number of morpholine rings is 1. The van der Waals surface area contributed by atoms with Crippen molar-refractivity contribution in [1.82, 2.24) is 44.9 Å². The number of nitrogens with zero attached hydrogens (tertiary/aromatic N) is 10. The molecule has 1 aliphatic heterocycles. The van der Waals surface area contributed by atoms with Gasteiger partial charge in [0.15, 0.2) is 0 Å². The molecule has 0 bridgehead atoms. The average Bonchev–Trinajstić information content (AvgIpc) is 4.00. The first-order valence-electron chi connectivity index (χ1n) is 22.1. The maximum atomic E-state index is 9.74. The molecule has 0 spiro atoms. The molecule has 21 nitrogen and oxygen atoms in total. The van der Waals surface area contributed by atoms with Crippen LogP contribution in [0.5, 0.6) is 11.6 Å². The van der Waals surface area contributed by atoms with Crippen LogP contribution >= 0.6 is 0 Å². The summed E-state index contributed by atoms with van der Waals surface area (Å²) in [7, 11) is 1.64. The normalized spacial score (nSPS) is 17.3. The Morgan fingerprint density at radius 1 is 0.781 bits per heavy atom. The van der Waals surface area contributed by atoms with E-state index < -0.39 is 0 Å². The molecule has 64 heavy (non-hydrogen) atoms. The summed E-state index contributed by atoms with van der Waals surface area (Å²) in [6.07, 6.45) is 10.9. The van der Waals surface area contributed by atoms with E-state index in [1.807, 2.05) is 29.9 Å². The molecule has 21 heteroatoms. The quantitative estimate of drug-likeness (QED) is 0.0716. The van der Waals surface area contributed by atoms with Gasteiger partial charge in [0.2, 0.25) is 5.95 Å². The number of benzene rings is 1. The number of rotatable bonds is 31. The fourth-order valence-electron chi connectivity index (χ4n) is 7.26. The Labute approximate surface area is 374 Å². The minimum Gasteiger partial charge on any atom is -0.487 e. The Morgan fingerprint density at radius 2 is 1.38 bits per heavy atom. The third kappa shape index (κ3) is 16.6. The number of hydrogen-bond acceptors (Lipinski definition) is 19. The van der Waals surface area contributed by atoms with Crippen molar-refractivity contribution in [3.63, 3.8) is 0 Å². The maximum Gasteiger partial charge on any atom is 0.257 e. The molecule has 1 aliphatic carbocycles. The number of anilines is 2. The molecule has 3 aromatic heterocycles. The van der Waals surface area contributed by atoms with Gasteiger partial charge in [-0.3, -0.25) is 9.58 Å². The number of hydrogen-bond donors (Lipinski definition) is 1. The lowest BCUT2D eigenvalue weighted by molar-refractivity contribution is -0.0199. The van der Waals surface area contributed by atoms with Gasteiger partial charge in [-0.1, -0.05) is 6.07 Å². The van der Waals surface area contributed by atoms with Crippen LogP contribution in [0.3, 0.4) is 0 Å². The second-order valence-electron chi connectivity index (χ2n) is 15.2. The van der Waals surface area contributed by atoms with Crippen LogP contribution in [-0.4, -0.2) is 183 Å². The molecule has 350 valence electrons. The molecule has 1 saturated heterocycles. The van der Waals surface area contributed by atoms with Gasteiger partial charge in [0.1, 0.15) is 36.5 Å². The van der Waals surface area contributed by atoms with Gasteiger partial charge >= 0.3 is 0 Å². The van der Waals surface area contributed by atoms with Crippen molar-refractivity contribution in [2.75, 3.05) is 131 Å². The van der Waals surface area contributed by atoms with Crippen molar-refractivity contribution in [3.05, 3.63) is 48.7 Å². The minimum atomic E-state index is -0.292. The Kier molecular flexibility index (Phi) is 21.3. The largest absolute Gasteiger partial charge is 0.487 e. The molecule has 0 unspecified atom stereocenters. The number of ether oxygens (including phenoxy) is 10. The Balaban J connectivity index is 0.935. The predicted molar refractivity (Wildman–Crippen MR) is 232 cm³/mol. The Hall–Kier alpha value is -4.89. The SMILES string of the molecule is COCCOCCOCCOCCOCCOCCOCCOc1nn([C@H]2CC[C@H](N3CCOCC3)CC2)cc1Nc1ncc(-c2ccc(C#N)c(O[C@@H](C)Cn3cnnn3)c2)cn1. The van der Waals surface area contributed by atoms with Crippen molar-refractivity contribution >= 4 is 11.6 Å². The molecule has 0 radical (unpaired) electrons. The van der Waals surface area contributed by atoms with E-state index in [1.54, 1.807) is 30.3 Å². The fourth-order valence-corrected chi connectivity index (χ4v) is 7.26. The van der Waals surface area contributed by atoms with E-state index in [9.17, 15) is 5.26 Å². The second-order valence-corrected chi connectivity index (χ2v) is 15.2. The fraction of sp³-hybridized carbons (Fsp3) is 0.651. The minimum absolute atomic E-state index is 0.244. The highest BCUT2D eigenvalue weighted by molar-refractivity contribution is 5.67. The second kappa shape index (κ2) is 28.1. The molecule has 4 aromatic rings. The zero-order valence-electron chi connectivity index (χ0n) is 37.1. The lowest BCUT2D eigenvalue weighted by Crippen LogP contribution is -2.45. The smallest absolute Gasteiger partial charge is 0.257 e. The van der Waals surface area contributed by atoms with Crippen LogP contribution in [0.1, 0.15) is 44.2 Å². The van der Waals surface area contributed by atoms with Crippen molar-refractivity contribution in [2.45, 2.75) is 57.3 Å². The number of aromatic nitrogens is 8. The van der Waals surface area contributed by atoms with Gasteiger partial charge in [-0.2, -0.15) is 5.26 Å². The van der Waals surface area contributed by atoms with Gasteiger partial charge in [-0.25, -0.2) is 14.6 Å². The first kappa shape index (κ1) is 48.6. The van der Waals surface area contributed by atoms with E-state index in [0.29, 0.717) is 134 Å². The van der Waals surface area contributed by atoms with Gasteiger partial charge in [0.05, 0.1) is 123 Å². The summed E-state index contributed by atoms with van der Waals surface area (Å²) in [5, 5.41) is 29.2. The summed E-state index contributed by atoms with van der Waals surface area (Å²) in [6.45, 7) is 12.5. The number of nitrogens with one attached hydrogen (secondary N) is 1. The zero-order valence-corrected chi connectivity index (χ0v) is 37.1. The third-order valence-corrected chi connectivity index (χ3v) is 10.6. The molecular weight excluding hydrogens is 831 g/mol. The highest BCUT2D eigenvalue weighted by atomic mass is 16.6. The lowest BCUT2D eigenvalue weighted by atomic mass is 9.90. The topological polar surface area (TPSA) is 219 Å². The van der Waals surface area contributed by atoms with Crippen LogP contribution in [0.4, 0.5) is 11.6 Å². The van der Waals surface area contributed by atoms with Gasteiger partial charge in [0.25, 0.3) is 5.88 Å². The van der Waals surface area contributed by atoms with Crippen LogP contribution < -0.4 is 14.8 Å². The summed E-state index contributed by atoms with van der Waals surface area (Å²) in [4.78, 5) is 11.8. The first-order chi connectivity index (χ1) is 31.6. The number of nitriles is 1. The molecule has 4 heterocycles. The summed E-state index contributed by atoms with van der Waals surface area (Å²) in [5.74, 6) is 1.28. The van der Waals surface area contributed by atoms with Crippen LogP contribution in [0.2, 0.25) is 0 Å². The Bertz CT molecular complexity index is 1900. The van der Waals surface area contributed by atoms with Crippen LogP contribution in [-0.2, 0) is 44.4 Å². The van der Waals surface area contributed by atoms with Crippen molar-refractivity contribution in [3.8, 4) is 28.8 Å². The summed E-state index contributed by atoms with van der Waals surface area (Å²) in [5.41, 5.74) is 2.63. The molecule has 1 aromatic carbocycles. The first-order valence-corrected chi connectivity index (χ1v) is 22.1. The van der Waals surface area contributed by atoms with Crippen LogP contribution in [0.25, 0.3) is 11.1 Å². The average molecular weight is 894 g/mol. The number of methoxy groups -OCH3 is 1. The highest BCUT2D eigenvalue weighted by Gasteiger charge is 2.29. The lowest BCUT2D eigenvalue weighted by Gasteiger charge is -2.38. The molecule has 6 rings (SSSR count). The Morgan fingerprint density at radius 3 is 1.95 bits per heavy atom. The summed E-state index contributed by atoms with van der Waals surface area (Å²) < 4.78 is 59.7. The van der Waals surface area contributed by atoms with E-state index in [4.69, 9.17) is 52.5 Å². The molecular formula is C43H63N11O10. The van der Waals surface area contributed by atoms with E-state index in [2.05, 4.69) is 41.8 Å². The van der Waals surface area contributed by atoms with Gasteiger partial charge in [-0.15, -0.1) is 10.2 Å². The molecule has 0 amide bonds. The molecule has 1 N–H and O–H groups in total. The van der Waals surface area contributed by atoms with Crippen molar-refractivity contribution < 1.29 is 47.4 Å². The highest BCUT2D eigenvalue weighted by Crippen LogP contribution is 2.35. The van der Waals surface area contributed by atoms with Crippen molar-refractivity contribution in [1.29, 1.82) is 5.26 Å². The van der Waals surface area contributed by atoms with Crippen LogP contribution in [0, 0.1) is 11.3 Å². The van der Waals surface area contributed by atoms with E-state index in [1.165, 1.54) is 6.33 Å². The van der Waals surface area contributed by atoms with Crippen molar-refractivity contribution in [2.24, 2.45) is 0 Å². The zero-order chi connectivity index (χ0) is 44.4. The monoisotopic (exact) mass is 893 g/mol. The van der Waals surface area contributed by atoms with Gasteiger partial charge in [0, 0.05) is 44.2 Å². The molecule has 2 aliphatic rings. The molecule has 2 fully saturated rings. The van der Waals surface area contributed by atoms with Gasteiger partial charge < -0.3 is 52.7 Å². The van der Waals surface area contributed by atoms with E-state index in [0.717, 1.165) is 63.1 Å². The van der Waals surface area contributed by atoms with E-state index >= 15 is 0 Å². The molecule has 1 saturated carbocycles. The predicted octanol–water partition coefficient (Wildman–Crippen LogP) is 3.35.